The molecule has 8 heteroatoms. The summed E-state index contributed by atoms with van der Waals surface area (Å²) >= 11 is 0. The third-order valence-electron chi connectivity index (χ3n) is 2.49. The minimum atomic E-state index is -1.08. The quantitative estimate of drug-likeness (QED) is 0.659. The molecule has 0 saturated heterocycles. The largest absolute Gasteiger partial charge is 0.478 e. The minimum Gasteiger partial charge on any atom is -0.478 e. The fourth-order valence-corrected chi connectivity index (χ4v) is 1.54. The molecule has 8 nitrogen and oxygen atoms in total. The molecule has 2 rings (SSSR count). The van der Waals surface area contributed by atoms with Crippen LogP contribution in [-0.2, 0) is 6.42 Å². The molecule has 2 aromatic rings. The van der Waals surface area contributed by atoms with Crippen molar-refractivity contribution in [1.82, 2.24) is 14.5 Å². The number of hydrogen-bond acceptors (Lipinski definition) is 5. The highest BCUT2D eigenvalue weighted by atomic mass is 16.6. The van der Waals surface area contributed by atoms with Crippen molar-refractivity contribution in [3.8, 4) is 5.82 Å². The van der Waals surface area contributed by atoms with E-state index in [1.165, 1.54) is 29.2 Å². The van der Waals surface area contributed by atoms with Crippen molar-refractivity contribution in [3.63, 3.8) is 0 Å². The molecule has 98 valence electrons. The Morgan fingerprint density at radius 1 is 1.53 bits per heavy atom. The maximum atomic E-state index is 11.0. The molecule has 0 spiro atoms. The lowest BCUT2D eigenvalue weighted by atomic mass is 10.2. The van der Waals surface area contributed by atoms with Gasteiger partial charge in [0.2, 0.25) is 6.33 Å². The highest BCUT2D eigenvalue weighted by Gasteiger charge is 2.14. The van der Waals surface area contributed by atoms with Gasteiger partial charge in [-0.3, -0.25) is 4.57 Å². The van der Waals surface area contributed by atoms with Crippen LogP contribution in [0.15, 0.2) is 24.7 Å². The molecule has 19 heavy (non-hydrogen) atoms. The van der Waals surface area contributed by atoms with Crippen molar-refractivity contribution in [2.45, 2.75) is 13.3 Å². The number of rotatable bonds is 4. The predicted molar refractivity (Wildman–Crippen MR) is 64.4 cm³/mol. The number of aryl methyl sites for hydroxylation is 1. The van der Waals surface area contributed by atoms with Crippen molar-refractivity contribution >= 4 is 11.8 Å². The maximum absolute atomic E-state index is 11.0. The van der Waals surface area contributed by atoms with Gasteiger partial charge in [0.1, 0.15) is 12.0 Å². The molecular formula is C11H10N4O4. The molecule has 0 radical (unpaired) electrons. The number of nitrogens with zero attached hydrogens (tertiary/aromatic N) is 4. The molecule has 0 aromatic carbocycles. The zero-order valence-corrected chi connectivity index (χ0v) is 9.98. The Bertz CT molecular complexity index is 650. The first-order valence-electron chi connectivity index (χ1n) is 5.44. The normalized spacial score (nSPS) is 10.4. The summed E-state index contributed by atoms with van der Waals surface area (Å²) in [5.74, 6) is -1.11. The number of aromatic nitrogens is 3. The number of carbonyl (C=O) groups is 1. The van der Waals surface area contributed by atoms with Gasteiger partial charge in [-0.05, 0) is 28.5 Å². The number of hydrogen-bond donors (Lipinski definition) is 1. The molecule has 0 aliphatic heterocycles. The van der Waals surface area contributed by atoms with Gasteiger partial charge in [-0.25, -0.2) is 9.78 Å². The summed E-state index contributed by atoms with van der Waals surface area (Å²) in [6, 6.07) is 2.81. The topological polar surface area (TPSA) is 111 Å². The van der Waals surface area contributed by atoms with Crippen LogP contribution in [0.25, 0.3) is 5.82 Å². The van der Waals surface area contributed by atoms with E-state index in [0.29, 0.717) is 12.1 Å². The van der Waals surface area contributed by atoms with Crippen molar-refractivity contribution in [3.05, 3.63) is 46.0 Å². The number of carboxylic acids is 1. The SMILES string of the molecule is CCc1cc(C(=O)O)cc(-n2cnc([N+](=O)[O-])c2)n1. The number of imidazole rings is 1. The molecular weight excluding hydrogens is 252 g/mol. The van der Waals surface area contributed by atoms with Crippen LogP contribution in [0.4, 0.5) is 5.82 Å². The van der Waals surface area contributed by atoms with E-state index in [2.05, 4.69) is 9.97 Å². The van der Waals surface area contributed by atoms with E-state index in [9.17, 15) is 14.9 Å². The van der Waals surface area contributed by atoms with Crippen LogP contribution in [0.3, 0.4) is 0 Å². The lowest BCUT2D eigenvalue weighted by Gasteiger charge is -2.04. The first-order valence-corrected chi connectivity index (χ1v) is 5.44. The second-order valence-electron chi connectivity index (χ2n) is 3.76. The summed E-state index contributed by atoms with van der Waals surface area (Å²) in [6.07, 6.45) is 2.98. The summed E-state index contributed by atoms with van der Waals surface area (Å²) in [7, 11) is 0. The van der Waals surface area contributed by atoms with Crippen LogP contribution in [0.1, 0.15) is 23.0 Å². The predicted octanol–water partition coefficient (Wildman–Crippen LogP) is 1.44. The van der Waals surface area contributed by atoms with Gasteiger partial charge in [0.15, 0.2) is 0 Å². The van der Waals surface area contributed by atoms with Crippen molar-refractivity contribution in [2.75, 3.05) is 0 Å². The lowest BCUT2D eigenvalue weighted by molar-refractivity contribution is -0.389. The van der Waals surface area contributed by atoms with Gasteiger partial charge < -0.3 is 15.2 Å². The van der Waals surface area contributed by atoms with Gasteiger partial charge >= 0.3 is 11.8 Å². The third kappa shape index (κ3) is 2.57. The average Bonchev–Trinajstić information content (AvgIpc) is 2.87. The molecule has 0 saturated carbocycles. The van der Waals surface area contributed by atoms with Gasteiger partial charge in [-0.15, -0.1) is 0 Å². The van der Waals surface area contributed by atoms with Crippen LogP contribution in [0.5, 0.6) is 0 Å². The van der Waals surface area contributed by atoms with E-state index in [0.717, 1.165) is 0 Å². The fraction of sp³-hybridized carbons (Fsp3) is 0.182. The Morgan fingerprint density at radius 2 is 2.26 bits per heavy atom. The molecule has 0 fully saturated rings. The maximum Gasteiger partial charge on any atom is 0.381 e. The van der Waals surface area contributed by atoms with Crippen molar-refractivity contribution in [1.29, 1.82) is 0 Å². The van der Waals surface area contributed by atoms with Crippen LogP contribution >= 0.6 is 0 Å². The highest BCUT2D eigenvalue weighted by Crippen LogP contribution is 2.14. The van der Waals surface area contributed by atoms with Crippen molar-refractivity contribution < 1.29 is 14.8 Å². The molecule has 2 aromatic heterocycles. The minimum absolute atomic E-state index is 0.0817. The molecule has 0 atom stereocenters. The second kappa shape index (κ2) is 4.84. The van der Waals surface area contributed by atoms with Crippen LogP contribution in [-0.4, -0.2) is 30.5 Å². The molecule has 0 amide bonds. The van der Waals surface area contributed by atoms with Crippen LogP contribution in [0, 0.1) is 10.1 Å². The summed E-state index contributed by atoms with van der Waals surface area (Å²) in [4.78, 5) is 28.8. The van der Waals surface area contributed by atoms with E-state index < -0.39 is 10.9 Å². The Morgan fingerprint density at radius 3 is 2.79 bits per heavy atom. The summed E-state index contributed by atoms with van der Waals surface area (Å²) in [5.41, 5.74) is 0.671. The Labute approximate surface area is 107 Å². The number of carboxylic acid groups (broad SMARTS) is 1. The average molecular weight is 262 g/mol. The van der Waals surface area contributed by atoms with Crippen LogP contribution < -0.4 is 0 Å². The van der Waals surface area contributed by atoms with Crippen molar-refractivity contribution in [2.24, 2.45) is 0 Å². The van der Waals surface area contributed by atoms with Gasteiger partial charge in [0, 0.05) is 5.69 Å². The molecule has 2 heterocycles. The fourth-order valence-electron chi connectivity index (χ4n) is 1.54. The van der Waals surface area contributed by atoms with E-state index in [1.807, 2.05) is 6.92 Å². The standard InChI is InChI=1S/C11H10N4O4/c1-2-8-3-7(11(16)17)4-9(13-8)14-5-10(12-6-14)15(18)19/h3-6H,2H2,1H3,(H,16,17). The summed E-state index contributed by atoms with van der Waals surface area (Å²) in [6.45, 7) is 1.84. The highest BCUT2D eigenvalue weighted by molar-refractivity contribution is 5.88. The zero-order chi connectivity index (χ0) is 14.0. The van der Waals surface area contributed by atoms with E-state index in [1.54, 1.807) is 0 Å². The van der Waals surface area contributed by atoms with Gasteiger partial charge in [0.05, 0.1) is 5.56 Å². The number of pyridine rings is 1. The van der Waals surface area contributed by atoms with E-state index >= 15 is 0 Å². The second-order valence-corrected chi connectivity index (χ2v) is 3.76. The molecule has 0 aliphatic carbocycles. The first kappa shape index (κ1) is 12.7. The monoisotopic (exact) mass is 262 g/mol. The van der Waals surface area contributed by atoms with E-state index in [4.69, 9.17) is 5.11 Å². The smallest absolute Gasteiger partial charge is 0.381 e. The molecule has 1 N–H and O–H groups in total. The Hall–Kier alpha value is -2.77. The number of nitro groups is 1. The third-order valence-corrected chi connectivity index (χ3v) is 2.49. The Balaban J connectivity index is 2.50. The summed E-state index contributed by atoms with van der Waals surface area (Å²) in [5, 5.41) is 19.6. The first-order chi connectivity index (χ1) is 9.01. The lowest BCUT2D eigenvalue weighted by Crippen LogP contribution is -2.04. The number of aromatic carboxylic acids is 1. The van der Waals surface area contributed by atoms with Gasteiger partial charge in [0.25, 0.3) is 0 Å². The van der Waals surface area contributed by atoms with Crippen LogP contribution in [0.2, 0.25) is 0 Å². The zero-order valence-electron chi connectivity index (χ0n) is 9.98. The summed E-state index contributed by atoms with van der Waals surface area (Å²) < 4.78 is 1.32. The Kier molecular flexibility index (Phi) is 3.23. The molecule has 0 unspecified atom stereocenters. The van der Waals surface area contributed by atoms with Gasteiger partial charge in [-0.2, -0.15) is 0 Å². The molecule has 0 bridgehead atoms. The molecule has 0 aliphatic rings. The van der Waals surface area contributed by atoms with Gasteiger partial charge in [-0.1, -0.05) is 6.92 Å². The van der Waals surface area contributed by atoms with E-state index in [-0.39, 0.29) is 17.2 Å².